The Bertz CT molecular complexity index is 2430. The lowest BCUT2D eigenvalue weighted by Gasteiger charge is -2.29. The van der Waals surface area contributed by atoms with E-state index in [0.29, 0.717) is 0 Å². The van der Waals surface area contributed by atoms with Crippen molar-refractivity contribution in [2.45, 2.75) is 52.4 Å². The molecular formula is C44H40N2S. The lowest BCUT2D eigenvalue weighted by atomic mass is 9.84. The number of thiophene rings is 1. The van der Waals surface area contributed by atoms with E-state index < -0.39 is 0 Å². The maximum Gasteiger partial charge on any atom is 0.0647 e. The van der Waals surface area contributed by atoms with Crippen molar-refractivity contribution in [3.63, 3.8) is 0 Å². The number of fused-ring (bicyclic) bond motifs is 6. The number of anilines is 3. The topological polar surface area (TPSA) is 19.0 Å². The van der Waals surface area contributed by atoms with Gasteiger partial charge < -0.3 is 9.88 Å². The third-order valence-electron chi connectivity index (χ3n) is 9.57. The van der Waals surface area contributed by atoms with Crippen LogP contribution in [0.5, 0.6) is 0 Å². The molecule has 8 rings (SSSR count). The van der Waals surface area contributed by atoms with Crippen LogP contribution in [0.1, 0.15) is 52.7 Å². The largest absolute Gasteiger partial charge is 0.354 e. The fraction of sp³-hybridized carbons (Fsp3) is 0.182. The van der Waals surface area contributed by atoms with Crippen LogP contribution in [-0.4, -0.2) is 4.98 Å². The summed E-state index contributed by atoms with van der Waals surface area (Å²) in [5.74, 6) is 0. The highest BCUT2D eigenvalue weighted by molar-refractivity contribution is 7.17. The van der Waals surface area contributed by atoms with Crippen LogP contribution in [0, 0.1) is 0 Å². The number of aromatic amines is 1. The molecular weight excluding hydrogens is 589 g/mol. The summed E-state index contributed by atoms with van der Waals surface area (Å²) in [6.45, 7) is 13.8. The quantitative estimate of drug-likeness (QED) is 0.205. The number of hydrogen-bond acceptors (Lipinski definition) is 2. The summed E-state index contributed by atoms with van der Waals surface area (Å²) in [6.07, 6.45) is 0. The van der Waals surface area contributed by atoms with Crippen LogP contribution in [0.15, 0.2) is 127 Å². The molecule has 0 bridgehead atoms. The number of hydrogen-bond donors (Lipinski definition) is 1. The molecule has 0 aliphatic heterocycles. The monoisotopic (exact) mass is 628 g/mol. The van der Waals surface area contributed by atoms with E-state index in [1.165, 1.54) is 70.6 Å². The Morgan fingerprint density at radius 2 is 1.28 bits per heavy atom. The Kier molecular flexibility index (Phi) is 6.82. The average Bonchev–Trinajstić information content (AvgIpc) is 3.66. The van der Waals surface area contributed by atoms with Gasteiger partial charge in [-0.1, -0.05) is 126 Å². The van der Waals surface area contributed by atoms with E-state index in [9.17, 15) is 0 Å². The van der Waals surface area contributed by atoms with Crippen molar-refractivity contribution in [1.29, 1.82) is 0 Å². The lowest BCUT2D eigenvalue weighted by Crippen LogP contribution is -2.15. The van der Waals surface area contributed by atoms with Crippen LogP contribution >= 0.6 is 11.3 Å². The maximum absolute atomic E-state index is 3.84. The van der Waals surface area contributed by atoms with Gasteiger partial charge in [-0.25, -0.2) is 0 Å². The van der Waals surface area contributed by atoms with Crippen molar-refractivity contribution < 1.29 is 0 Å². The number of rotatable bonds is 4. The van der Waals surface area contributed by atoms with Crippen LogP contribution < -0.4 is 4.90 Å². The highest BCUT2D eigenvalue weighted by Gasteiger charge is 2.23. The molecule has 0 aliphatic rings. The van der Waals surface area contributed by atoms with Crippen molar-refractivity contribution in [1.82, 2.24) is 4.98 Å². The summed E-state index contributed by atoms with van der Waals surface area (Å²) in [6, 6.07) is 45.0. The molecule has 0 radical (unpaired) electrons. The van der Waals surface area contributed by atoms with Gasteiger partial charge >= 0.3 is 0 Å². The number of nitrogens with one attached hydrogen (secondary N) is 1. The predicted molar refractivity (Wildman–Crippen MR) is 206 cm³/mol. The first-order chi connectivity index (χ1) is 22.6. The fourth-order valence-electron chi connectivity index (χ4n) is 6.94. The van der Waals surface area contributed by atoms with E-state index >= 15 is 0 Å². The van der Waals surface area contributed by atoms with E-state index in [1.807, 2.05) is 11.3 Å². The molecule has 0 amide bonds. The summed E-state index contributed by atoms with van der Waals surface area (Å²) < 4.78 is 1.29. The van der Waals surface area contributed by atoms with E-state index in [4.69, 9.17) is 0 Å². The molecule has 0 spiro atoms. The van der Waals surface area contributed by atoms with Crippen molar-refractivity contribution in [2.75, 3.05) is 4.90 Å². The Labute approximate surface area is 281 Å². The second-order valence-electron chi connectivity index (χ2n) is 14.8. The fourth-order valence-corrected chi connectivity index (χ4v) is 7.87. The predicted octanol–water partition coefficient (Wildman–Crippen LogP) is 13.4. The number of aromatic nitrogens is 1. The van der Waals surface area contributed by atoms with Gasteiger partial charge in [0.2, 0.25) is 0 Å². The van der Waals surface area contributed by atoms with Crippen molar-refractivity contribution in [2.24, 2.45) is 0 Å². The third-order valence-corrected chi connectivity index (χ3v) is 10.5. The number of H-pyrrole nitrogens is 1. The molecule has 0 saturated carbocycles. The van der Waals surface area contributed by atoms with Crippen molar-refractivity contribution in [3.8, 4) is 11.1 Å². The first-order valence-electron chi connectivity index (χ1n) is 16.5. The van der Waals surface area contributed by atoms with Gasteiger partial charge in [-0.15, -0.1) is 11.3 Å². The van der Waals surface area contributed by atoms with E-state index in [2.05, 4.69) is 178 Å². The number of nitrogens with zero attached hydrogens (tertiary/aromatic N) is 1. The van der Waals surface area contributed by atoms with Crippen molar-refractivity contribution in [3.05, 3.63) is 138 Å². The standard InChI is InChI=1S/C44H40N2S/c1-43(2,3)30-19-21-32(22-20-30)46(39-27-47-40-17-10-9-14-36(39)40)33-25-29(24-31(26-33)44(4,5)6)35-15-11-16-37-41-34-13-8-7-12-28(34)18-23-38(41)45-42(35)37/h7-27,45H,1-6H3. The minimum atomic E-state index is -0.0478. The SMILES string of the molecule is CC(C)(C)c1ccc(N(c2cc(-c3cccc4c3[nH]c3ccc5ccccc5c34)cc(C(C)(C)C)c2)c2csc3ccccc23)cc1. The molecule has 232 valence electrons. The molecule has 6 aromatic carbocycles. The normalized spacial score (nSPS) is 12.5. The van der Waals surface area contributed by atoms with Gasteiger partial charge in [0.15, 0.2) is 0 Å². The average molecular weight is 629 g/mol. The molecule has 0 aliphatic carbocycles. The van der Waals surface area contributed by atoms with Gasteiger partial charge in [-0.05, 0) is 74.7 Å². The Morgan fingerprint density at radius 3 is 2.04 bits per heavy atom. The summed E-state index contributed by atoms with van der Waals surface area (Å²) in [5.41, 5.74) is 11.0. The second-order valence-corrected chi connectivity index (χ2v) is 15.7. The van der Waals surface area contributed by atoms with Gasteiger partial charge in [-0.3, -0.25) is 0 Å². The lowest BCUT2D eigenvalue weighted by molar-refractivity contribution is 0.590. The molecule has 8 aromatic rings. The van der Waals surface area contributed by atoms with E-state index in [1.54, 1.807) is 0 Å². The molecule has 2 nitrogen and oxygen atoms in total. The summed E-state index contributed by atoms with van der Waals surface area (Å²) in [7, 11) is 0. The van der Waals surface area contributed by atoms with Crippen LogP contribution in [0.3, 0.4) is 0 Å². The van der Waals surface area contributed by atoms with Crippen LogP contribution in [0.2, 0.25) is 0 Å². The zero-order valence-electron chi connectivity index (χ0n) is 28.0. The highest BCUT2D eigenvalue weighted by Crippen LogP contribution is 2.46. The smallest absolute Gasteiger partial charge is 0.0647 e. The second kappa shape index (κ2) is 10.9. The molecule has 3 heteroatoms. The number of benzene rings is 6. The Hall–Kier alpha value is -4.86. The van der Waals surface area contributed by atoms with Gasteiger partial charge in [0.05, 0.1) is 11.2 Å². The molecule has 0 atom stereocenters. The first kappa shape index (κ1) is 29.5. The van der Waals surface area contributed by atoms with Gasteiger partial charge in [0.1, 0.15) is 0 Å². The Morgan fingerprint density at radius 1 is 0.574 bits per heavy atom. The molecule has 1 N–H and O–H groups in total. The Balaban J connectivity index is 1.39. The van der Waals surface area contributed by atoms with Crippen LogP contribution in [0.4, 0.5) is 17.1 Å². The van der Waals surface area contributed by atoms with E-state index in [-0.39, 0.29) is 10.8 Å². The molecule has 0 fully saturated rings. The van der Waals surface area contributed by atoms with Gasteiger partial charge in [0, 0.05) is 48.7 Å². The highest BCUT2D eigenvalue weighted by atomic mass is 32.1. The maximum atomic E-state index is 3.84. The minimum absolute atomic E-state index is 0.0478. The summed E-state index contributed by atoms with van der Waals surface area (Å²) in [4.78, 5) is 6.30. The molecule has 2 heterocycles. The third kappa shape index (κ3) is 5.10. The minimum Gasteiger partial charge on any atom is -0.354 e. The molecule has 2 aromatic heterocycles. The van der Waals surface area contributed by atoms with Crippen molar-refractivity contribution >= 4 is 71.1 Å². The zero-order valence-corrected chi connectivity index (χ0v) is 28.8. The number of para-hydroxylation sites is 1. The molecule has 0 unspecified atom stereocenters. The van der Waals surface area contributed by atoms with Crippen LogP contribution in [-0.2, 0) is 10.8 Å². The van der Waals surface area contributed by atoms with Crippen LogP contribution in [0.25, 0.3) is 53.8 Å². The molecule has 0 saturated heterocycles. The molecule has 47 heavy (non-hydrogen) atoms. The van der Waals surface area contributed by atoms with Gasteiger partial charge in [0.25, 0.3) is 0 Å². The first-order valence-corrected chi connectivity index (χ1v) is 17.4. The van der Waals surface area contributed by atoms with E-state index in [0.717, 1.165) is 11.4 Å². The zero-order chi connectivity index (χ0) is 32.5. The summed E-state index contributed by atoms with van der Waals surface area (Å²) in [5, 5.41) is 8.68. The van der Waals surface area contributed by atoms with Gasteiger partial charge in [-0.2, -0.15) is 0 Å². The summed E-state index contributed by atoms with van der Waals surface area (Å²) >= 11 is 1.81.